The van der Waals surface area contributed by atoms with Crippen molar-refractivity contribution >= 4 is 21.9 Å². The molecular formula is C26H33F2N3O5S. The predicted octanol–water partition coefficient (Wildman–Crippen LogP) is 5.12. The highest BCUT2D eigenvalue weighted by molar-refractivity contribution is 7.16. The van der Waals surface area contributed by atoms with Gasteiger partial charge in [0.05, 0.1) is 45.8 Å². The fourth-order valence-corrected chi connectivity index (χ4v) is 6.38. The molecule has 3 aromatic rings. The Labute approximate surface area is 219 Å². The van der Waals surface area contributed by atoms with Gasteiger partial charge in [-0.1, -0.05) is 0 Å². The van der Waals surface area contributed by atoms with Gasteiger partial charge in [-0.2, -0.15) is 0 Å². The molecule has 37 heavy (non-hydrogen) atoms. The first-order valence-electron chi connectivity index (χ1n) is 12.4. The molecule has 0 N–H and O–H groups in total. The number of hydrogen-bond donors (Lipinski definition) is 0. The van der Waals surface area contributed by atoms with Crippen LogP contribution in [0.15, 0.2) is 17.5 Å². The summed E-state index contributed by atoms with van der Waals surface area (Å²) in [6, 6.07) is 3.85. The molecule has 1 aliphatic heterocycles. The van der Waals surface area contributed by atoms with E-state index in [1.54, 1.807) is 28.4 Å². The number of fused-ring (bicyclic) bond motifs is 1. The number of aromatic nitrogens is 2. The Balaban J connectivity index is 1.58. The van der Waals surface area contributed by atoms with E-state index in [0.29, 0.717) is 49.6 Å². The Morgan fingerprint density at radius 1 is 1.08 bits per heavy atom. The summed E-state index contributed by atoms with van der Waals surface area (Å²) in [6.07, 6.45) is 0.770. The fraction of sp³-hybridized carbons (Fsp3) is 0.577. The Hall–Kier alpha value is -2.63. The molecule has 1 atom stereocenters. The largest absolute Gasteiger partial charge is 0.496 e. The van der Waals surface area contributed by atoms with Gasteiger partial charge in [0.2, 0.25) is 5.92 Å². The third-order valence-electron chi connectivity index (χ3n) is 7.10. The van der Waals surface area contributed by atoms with Gasteiger partial charge in [-0.05, 0) is 30.0 Å². The molecule has 1 aromatic carbocycles. The average molecular weight is 538 g/mol. The van der Waals surface area contributed by atoms with Crippen molar-refractivity contribution in [3.05, 3.63) is 23.1 Å². The second-order valence-electron chi connectivity index (χ2n) is 9.77. The Morgan fingerprint density at radius 3 is 2.35 bits per heavy atom. The summed E-state index contributed by atoms with van der Waals surface area (Å²) in [6.45, 7) is 3.04. The average Bonchev–Trinajstić information content (AvgIpc) is 3.59. The molecule has 2 aliphatic rings. The van der Waals surface area contributed by atoms with Crippen molar-refractivity contribution in [3.8, 4) is 28.6 Å². The summed E-state index contributed by atoms with van der Waals surface area (Å²) in [5, 5.41) is 6.81. The van der Waals surface area contributed by atoms with Crippen LogP contribution in [0.25, 0.3) is 16.1 Å². The topological polar surface area (TPSA) is 66.7 Å². The Morgan fingerprint density at radius 2 is 1.78 bits per heavy atom. The first kappa shape index (κ1) is 26.0. The van der Waals surface area contributed by atoms with Crippen LogP contribution in [0, 0.1) is 11.8 Å². The molecule has 0 radical (unpaired) electrons. The minimum absolute atomic E-state index is 0.0788. The molecule has 2 fully saturated rings. The van der Waals surface area contributed by atoms with Gasteiger partial charge in [0.25, 0.3) is 5.88 Å². The zero-order valence-corrected chi connectivity index (χ0v) is 22.4. The Kier molecular flexibility index (Phi) is 7.46. The summed E-state index contributed by atoms with van der Waals surface area (Å²) in [5.41, 5.74) is 3.31. The minimum Gasteiger partial charge on any atom is -0.496 e. The Bertz CT molecular complexity index is 1210. The molecule has 8 nitrogen and oxygen atoms in total. The van der Waals surface area contributed by atoms with Crippen LogP contribution in [0.1, 0.15) is 24.8 Å². The number of alkyl halides is 2. The lowest BCUT2D eigenvalue weighted by atomic mass is 9.81. The van der Waals surface area contributed by atoms with E-state index in [2.05, 4.69) is 4.90 Å². The van der Waals surface area contributed by atoms with E-state index in [9.17, 15) is 8.78 Å². The molecule has 202 valence electrons. The number of thiazole rings is 1. The third-order valence-corrected chi connectivity index (χ3v) is 8.03. The first-order chi connectivity index (χ1) is 17.9. The fourth-order valence-electron chi connectivity index (χ4n) is 5.37. The number of ether oxygens (including phenoxy) is 5. The standard InChI is InChI=1S/C26H33F2N3O5S/c1-32-13-17-7-20(33-2)22(21(8-17)34-3)19-15-37-25-23(24(35-4)29-31(19)25)30(11-16-5-6-36-14-16)12-18-9-26(27,28)10-18/h7-8,15-16,18H,5-6,9-14H2,1-4H3. The van der Waals surface area contributed by atoms with E-state index in [1.165, 1.54) is 11.3 Å². The van der Waals surface area contributed by atoms with Crippen LogP contribution in [-0.2, 0) is 16.1 Å². The molecule has 0 amide bonds. The predicted molar refractivity (Wildman–Crippen MR) is 138 cm³/mol. The second-order valence-corrected chi connectivity index (χ2v) is 10.6. The summed E-state index contributed by atoms with van der Waals surface area (Å²) in [5.74, 6) is -0.577. The second kappa shape index (κ2) is 10.6. The number of methoxy groups -OCH3 is 4. The number of rotatable bonds is 11. The van der Waals surface area contributed by atoms with E-state index in [4.69, 9.17) is 28.8 Å². The molecule has 11 heteroatoms. The van der Waals surface area contributed by atoms with Crippen molar-refractivity contribution in [2.45, 2.75) is 31.8 Å². The number of hydrogen-bond acceptors (Lipinski definition) is 8. The summed E-state index contributed by atoms with van der Waals surface area (Å²) >= 11 is 1.53. The number of nitrogens with zero attached hydrogens (tertiary/aromatic N) is 3. The quantitative estimate of drug-likeness (QED) is 0.336. The maximum Gasteiger partial charge on any atom is 0.258 e. The maximum atomic E-state index is 13.7. The van der Waals surface area contributed by atoms with E-state index < -0.39 is 5.92 Å². The van der Waals surface area contributed by atoms with Gasteiger partial charge in [0.15, 0.2) is 0 Å². The van der Waals surface area contributed by atoms with Crippen molar-refractivity contribution in [2.75, 3.05) is 59.6 Å². The van der Waals surface area contributed by atoms with Gasteiger partial charge in [-0.3, -0.25) is 0 Å². The smallest absolute Gasteiger partial charge is 0.258 e. The highest BCUT2D eigenvalue weighted by Crippen LogP contribution is 2.47. The number of halogens is 2. The summed E-state index contributed by atoms with van der Waals surface area (Å²) < 4.78 is 57.3. The summed E-state index contributed by atoms with van der Waals surface area (Å²) in [7, 11) is 6.46. The molecule has 5 rings (SSSR count). The molecule has 1 aliphatic carbocycles. The van der Waals surface area contributed by atoms with Crippen LogP contribution in [0.2, 0.25) is 0 Å². The van der Waals surface area contributed by atoms with Crippen LogP contribution in [0.3, 0.4) is 0 Å². The van der Waals surface area contributed by atoms with Gasteiger partial charge in [0, 0.05) is 50.9 Å². The first-order valence-corrected chi connectivity index (χ1v) is 13.2. The lowest BCUT2D eigenvalue weighted by Crippen LogP contribution is -2.44. The monoisotopic (exact) mass is 537 g/mol. The molecule has 1 saturated heterocycles. The van der Waals surface area contributed by atoms with Crippen molar-refractivity contribution in [2.24, 2.45) is 11.8 Å². The van der Waals surface area contributed by atoms with Crippen LogP contribution >= 0.6 is 11.3 Å². The van der Waals surface area contributed by atoms with Gasteiger partial charge >= 0.3 is 0 Å². The van der Waals surface area contributed by atoms with E-state index in [0.717, 1.165) is 40.4 Å². The van der Waals surface area contributed by atoms with Crippen molar-refractivity contribution < 1.29 is 32.5 Å². The van der Waals surface area contributed by atoms with Crippen LogP contribution < -0.4 is 19.1 Å². The van der Waals surface area contributed by atoms with Crippen LogP contribution in [0.5, 0.6) is 17.4 Å². The molecule has 0 spiro atoms. The zero-order chi connectivity index (χ0) is 26.2. The molecule has 2 aromatic heterocycles. The normalized spacial score (nSPS) is 19.2. The summed E-state index contributed by atoms with van der Waals surface area (Å²) in [4.78, 5) is 3.05. The lowest BCUT2D eigenvalue weighted by molar-refractivity contribution is -0.107. The van der Waals surface area contributed by atoms with Gasteiger partial charge in [-0.25, -0.2) is 13.3 Å². The molecule has 1 saturated carbocycles. The SMILES string of the molecule is COCc1cc(OC)c(-c2csc3c(N(CC4CCOC4)CC4CC(F)(F)C4)c(OC)nn23)c(OC)c1. The van der Waals surface area contributed by atoms with Crippen LogP contribution in [-0.4, -0.2) is 70.3 Å². The van der Waals surface area contributed by atoms with Crippen molar-refractivity contribution in [1.82, 2.24) is 9.61 Å². The van der Waals surface area contributed by atoms with Gasteiger partial charge in [-0.15, -0.1) is 16.4 Å². The highest BCUT2D eigenvalue weighted by Gasteiger charge is 2.46. The molecule has 0 bridgehead atoms. The van der Waals surface area contributed by atoms with Crippen molar-refractivity contribution in [1.29, 1.82) is 0 Å². The number of benzene rings is 1. The number of anilines is 1. The van der Waals surface area contributed by atoms with E-state index in [-0.39, 0.29) is 18.8 Å². The van der Waals surface area contributed by atoms with E-state index in [1.807, 2.05) is 22.0 Å². The van der Waals surface area contributed by atoms with Gasteiger partial charge in [0.1, 0.15) is 22.0 Å². The lowest BCUT2D eigenvalue weighted by Gasteiger charge is -2.39. The van der Waals surface area contributed by atoms with E-state index >= 15 is 0 Å². The highest BCUT2D eigenvalue weighted by atomic mass is 32.1. The third kappa shape index (κ3) is 5.08. The van der Waals surface area contributed by atoms with Crippen molar-refractivity contribution in [3.63, 3.8) is 0 Å². The minimum atomic E-state index is -2.57. The maximum absolute atomic E-state index is 13.7. The van der Waals surface area contributed by atoms with Gasteiger partial charge < -0.3 is 28.6 Å². The zero-order valence-electron chi connectivity index (χ0n) is 21.6. The molecule has 1 unspecified atom stereocenters. The molecular weight excluding hydrogens is 504 g/mol. The van der Waals surface area contributed by atoms with Crippen LogP contribution in [0.4, 0.5) is 14.5 Å². The molecule has 3 heterocycles.